The molecule has 0 atom stereocenters. The van der Waals surface area contributed by atoms with Gasteiger partial charge in [-0.25, -0.2) is 36.8 Å². The Kier molecular flexibility index (Phi) is 6.27. The van der Waals surface area contributed by atoms with Crippen molar-refractivity contribution in [3.8, 4) is 22.8 Å². The fourth-order valence-electron chi connectivity index (χ4n) is 2.14. The molecule has 0 aliphatic carbocycles. The van der Waals surface area contributed by atoms with E-state index >= 15 is 0 Å². The van der Waals surface area contributed by atoms with E-state index in [-0.39, 0.29) is 68.3 Å². The van der Waals surface area contributed by atoms with Crippen molar-refractivity contribution in [2.75, 3.05) is 0 Å². The second kappa shape index (κ2) is 7.76. The Morgan fingerprint density at radius 3 is 1.17 bits per heavy atom. The molecule has 0 fully saturated rings. The summed E-state index contributed by atoms with van der Waals surface area (Å²) >= 11 is 0. The zero-order valence-corrected chi connectivity index (χ0v) is 18.7. The molecule has 14 nitrogen and oxygen atoms in total. The molecule has 0 N–H and O–H groups in total. The van der Waals surface area contributed by atoms with Crippen molar-refractivity contribution in [3.05, 3.63) is 53.3 Å². The number of fused-ring (bicyclic) bond motifs is 2. The first-order chi connectivity index (χ1) is 12.8. The summed E-state index contributed by atoms with van der Waals surface area (Å²) in [4.78, 5) is 56.5. The van der Waals surface area contributed by atoms with E-state index in [4.69, 9.17) is 0 Å². The van der Waals surface area contributed by atoms with Crippen LogP contribution in [-0.4, -0.2) is 91.4 Å². The smallest absolute Gasteiger partial charge is 0.743 e. The number of aromatic nitrogens is 4. The van der Waals surface area contributed by atoms with Crippen LogP contribution in [0.4, 0.5) is 0 Å². The fraction of sp³-hybridized carbons (Fsp3) is 0. The molecule has 144 valence electrons. The molecular weight excluding hydrogens is 512 g/mol. The van der Waals surface area contributed by atoms with Crippen LogP contribution in [-0.2, 0) is 20.2 Å². The van der Waals surface area contributed by atoms with Crippen LogP contribution in [0.2, 0.25) is 0 Å². The average molecular weight is 514 g/mol. The van der Waals surface area contributed by atoms with E-state index in [1.165, 1.54) is 0 Å². The molecule has 0 radical (unpaired) electrons. The number of nitrogens with zero attached hydrogens (tertiary/aromatic N) is 4. The second-order valence-corrected chi connectivity index (χ2v) is 7.65. The van der Waals surface area contributed by atoms with E-state index in [0.717, 1.165) is 12.1 Å². The quantitative estimate of drug-likeness (QED) is 0.182. The van der Waals surface area contributed by atoms with Crippen LogP contribution in [0.25, 0.3) is 22.8 Å². The molecule has 0 saturated heterocycles. The Bertz CT molecular complexity index is 1430. The Morgan fingerprint density at radius 2 is 0.931 bits per heavy atom. The van der Waals surface area contributed by atoms with Gasteiger partial charge in [-0.05, 0) is 0 Å². The summed E-state index contributed by atoms with van der Waals surface area (Å²) in [6, 6.07) is 1.79. The van der Waals surface area contributed by atoms with E-state index in [1.54, 1.807) is 0 Å². The van der Waals surface area contributed by atoms with Gasteiger partial charge >= 0.3 is 45.5 Å². The largest absolute Gasteiger partial charge is 2.00 e. The predicted molar refractivity (Wildman–Crippen MR) is 88.8 cm³/mol. The van der Waals surface area contributed by atoms with Crippen LogP contribution >= 0.6 is 0 Å². The molecule has 0 saturated carbocycles. The van der Waals surface area contributed by atoms with Gasteiger partial charge in [-0.3, -0.25) is 19.2 Å². The minimum Gasteiger partial charge on any atom is -0.743 e. The summed E-state index contributed by atoms with van der Waals surface area (Å²) in [6.07, 6.45) is 0. The van der Waals surface area contributed by atoms with Crippen molar-refractivity contribution in [2.24, 2.45) is 0 Å². The van der Waals surface area contributed by atoms with E-state index in [2.05, 4.69) is 19.9 Å². The maximum atomic E-state index is 11.1. The molecule has 17 heteroatoms. The Labute approximate surface area is 196 Å². The average Bonchev–Trinajstić information content (AvgIpc) is 3.23. The first kappa shape index (κ1) is 23.4. The van der Waals surface area contributed by atoms with Crippen LogP contribution in [0.15, 0.2) is 41.4 Å². The molecule has 4 rings (SSSR count). The van der Waals surface area contributed by atoms with Gasteiger partial charge in [0.2, 0.25) is 10.9 Å². The van der Waals surface area contributed by atoms with Crippen molar-refractivity contribution in [3.63, 3.8) is 0 Å². The molecule has 0 amide bonds. The molecule has 0 spiro atoms. The summed E-state index contributed by atoms with van der Waals surface area (Å²) in [6.45, 7) is 0. The van der Waals surface area contributed by atoms with Crippen molar-refractivity contribution in [1.29, 1.82) is 0 Å². The minimum absolute atomic E-state index is 0. The van der Waals surface area contributed by atoms with Gasteiger partial charge in [-0.2, -0.15) is 0 Å². The van der Waals surface area contributed by atoms with Crippen molar-refractivity contribution in [2.45, 2.75) is 10.1 Å². The normalized spacial score (nSPS) is 11.9. The summed E-state index contributed by atoms with van der Waals surface area (Å²) in [5.74, 6) is 0. The molecule has 0 bridgehead atoms. The van der Waals surface area contributed by atoms with Crippen molar-refractivity contribution < 1.29 is 25.9 Å². The van der Waals surface area contributed by atoms with Crippen LogP contribution in [0.5, 0.6) is 0 Å². The van der Waals surface area contributed by atoms with E-state index < -0.39 is 52.3 Å². The molecule has 0 aromatic carbocycles. The monoisotopic (exact) mass is 514 g/mol. The maximum absolute atomic E-state index is 11.1. The van der Waals surface area contributed by atoms with Gasteiger partial charge in [-0.1, -0.05) is 0 Å². The van der Waals surface area contributed by atoms with Gasteiger partial charge in [0.05, 0.1) is 0 Å². The molecule has 29 heavy (non-hydrogen) atoms. The van der Waals surface area contributed by atoms with Crippen LogP contribution in [0.3, 0.4) is 0 Å². The zero-order chi connectivity index (χ0) is 21.0. The number of hydrogen-bond donors (Lipinski definition) is 0. The Balaban J connectivity index is 0.000000200. The van der Waals surface area contributed by atoms with Gasteiger partial charge < -0.3 is 9.11 Å². The second-order valence-electron chi connectivity index (χ2n) is 5.06. The van der Waals surface area contributed by atoms with Crippen molar-refractivity contribution in [1.82, 2.24) is 19.9 Å². The van der Waals surface area contributed by atoms with Crippen LogP contribution in [0.1, 0.15) is 0 Å². The molecule has 4 aliphatic rings. The number of rotatable bonds is 2. The van der Waals surface area contributed by atoms with Gasteiger partial charge in [0.1, 0.15) is 43.0 Å². The van der Waals surface area contributed by atoms with Gasteiger partial charge in [0, 0.05) is 12.1 Å². The summed E-state index contributed by atoms with van der Waals surface area (Å²) < 4.78 is 62.9. The molecule has 0 aromatic rings. The molecule has 0 aromatic heterocycles. The molecule has 4 heterocycles. The summed E-state index contributed by atoms with van der Waals surface area (Å²) in [7, 11) is -9.79. The first-order valence-corrected chi connectivity index (χ1v) is 9.48. The third-order valence-corrected chi connectivity index (χ3v) is 4.69. The topological polar surface area (TPSA) is 234 Å². The van der Waals surface area contributed by atoms with E-state index in [0.29, 0.717) is 0 Å². The van der Waals surface area contributed by atoms with E-state index in [1.807, 2.05) is 0 Å². The third-order valence-electron chi connectivity index (χ3n) is 3.19. The molecule has 0 unspecified atom stereocenters. The van der Waals surface area contributed by atoms with Crippen LogP contribution in [0, 0.1) is 0 Å². The van der Waals surface area contributed by atoms with Crippen LogP contribution < -0.4 is 22.0 Å². The third kappa shape index (κ3) is 4.51. The number of hydrogen-bond acceptors (Lipinski definition) is 14. The van der Waals surface area contributed by atoms with Crippen molar-refractivity contribution >= 4 is 65.7 Å². The van der Waals surface area contributed by atoms with Gasteiger partial charge in [-0.15, -0.1) is 0 Å². The fourth-order valence-corrected chi connectivity index (χ4v) is 3.20. The SMILES string of the molecule is O=c1cc2nc(S(=O)(=O)[O-])c(=O)c-2n1.O=c1cc2nc(S(=O)(=O)[O-])c(=O)c-2n1.[Sr+2]. The maximum Gasteiger partial charge on any atom is 2.00 e. The zero-order valence-electron chi connectivity index (χ0n) is 13.5. The minimum atomic E-state index is -4.89. The Morgan fingerprint density at radius 1 is 0.621 bits per heavy atom. The van der Waals surface area contributed by atoms with Gasteiger partial charge in [0.25, 0.3) is 11.1 Å². The Hall–Kier alpha value is -1.86. The summed E-state index contributed by atoms with van der Waals surface area (Å²) in [5, 5.41) is -2.20. The predicted octanol–water partition coefficient (Wildman–Crippen LogP) is -4.22. The van der Waals surface area contributed by atoms with Gasteiger partial charge in [0.15, 0.2) is 10.1 Å². The first-order valence-electron chi connectivity index (χ1n) is 6.67. The molecular formula is C12H2N4O10S2Sr. The summed E-state index contributed by atoms with van der Waals surface area (Å²) in [5.41, 5.74) is -4.66. The van der Waals surface area contributed by atoms with E-state index in [9.17, 15) is 45.1 Å². The molecule has 4 aliphatic heterocycles. The standard InChI is InChI=1S/2C6H2N2O5S.Sr/c2*9-3-1-2-4(8-3)5(10)6(7-2)14(11,12)13;/h2*1H,(H,11,12,13);/q;;+2/p-2.